The number of nitrogens with one attached hydrogen (secondary N) is 1. The standard InChI is InChI=1S/C16H22N4O/c1-12(2)11-20-8-7-18-15(16(20)21)19-10-14-5-3-13(9-17)4-6-14/h3-8,12H,9-11,17H2,1-2H3,(H,18,19). The van der Waals surface area contributed by atoms with Gasteiger partial charge >= 0.3 is 0 Å². The molecule has 0 bridgehead atoms. The number of nitrogens with zero attached hydrogens (tertiary/aromatic N) is 2. The van der Waals surface area contributed by atoms with Crippen LogP contribution in [0.4, 0.5) is 5.82 Å². The maximum absolute atomic E-state index is 12.2. The Morgan fingerprint density at radius 2 is 1.90 bits per heavy atom. The van der Waals surface area contributed by atoms with E-state index in [0.717, 1.165) is 11.1 Å². The Bertz CT molecular complexity index is 631. The van der Waals surface area contributed by atoms with Gasteiger partial charge in [0.05, 0.1) is 0 Å². The second kappa shape index (κ2) is 7.04. The molecule has 112 valence electrons. The molecule has 0 aliphatic heterocycles. The van der Waals surface area contributed by atoms with Gasteiger partial charge in [-0.05, 0) is 17.0 Å². The molecule has 0 unspecified atom stereocenters. The highest BCUT2D eigenvalue weighted by Crippen LogP contribution is 2.06. The monoisotopic (exact) mass is 286 g/mol. The van der Waals surface area contributed by atoms with Gasteiger partial charge in [-0.2, -0.15) is 0 Å². The van der Waals surface area contributed by atoms with Gasteiger partial charge in [-0.15, -0.1) is 0 Å². The van der Waals surface area contributed by atoms with Crippen molar-refractivity contribution in [3.63, 3.8) is 0 Å². The van der Waals surface area contributed by atoms with E-state index in [1.54, 1.807) is 17.0 Å². The molecule has 1 aromatic carbocycles. The summed E-state index contributed by atoms with van der Waals surface area (Å²) in [7, 11) is 0. The first kappa shape index (κ1) is 15.3. The number of rotatable bonds is 6. The van der Waals surface area contributed by atoms with Crippen LogP contribution in [-0.4, -0.2) is 9.55 Å². The van der Waals surface area contributed by atoms with Crippen LogP contribution in [0.15, 0.2) is 41.5 Å². The molecule has 1 aromatic heterocycles. The van der Waals surface area contributed by atoms with E-state index in [0.29, 0.717) is 31.4 Å². The third kappa shape index (κ3) is 4.16. The molecule has 21 heavy (non-hydrogen) atoms. The number of hydrogen-bond acceptors (Lipinski definition) is 4. The summed E-state index contributed by atoms with van der Waals surface area (Å²) in [6.07, 6.45) is 3.38. The molecule has 3 N–H and O–H groups in total. The van der Waals surface area contributed by atoms with Gasteiger partial charge in [-0.1, -0.05) is 38.1 Å². The van der Waals surface area contributed by atoms with Gasteiger partial charge in [0.15, 0.2) is 5.82 Å². The van der Waals surface area contributed by atoms with Crippen LogP contribution in [0.25, 0.3) is 0 Å². The van der Waals surface area contributed by atoms with Crippen LogP contribution >= 0.6 is 0 Å². The lowest BCUT2D eigenvalue weighted by Crippen LogP contribution is -2.25. The highest BCUT2D eigenvalue weighted by Gasteiger charge is 2.05. The van der Waals surface area contributed by atoms with E-state index in [4.69, 9.17) is 5.73 Å². The average molecular weight is 286 g/mol. The second-order valence-electron chi connectivity index (χ2n) is 5.50. The van der Waals surface area contributed by atoms with Crippen molar-refractivity contribution in [1.29, 1.82) is 0 Å². The van der Waals surface area contributed by atoms with E-state index in [2.05, 4.69) is 24.1 Å². The molecule has 0 atom stereocenters. The maximum Gasteiger partial charge on any atom is 0.293 e. The molecule has 5 heteroatoms. The Hall–Kier alpha value is -2.14. The topological polar surface area (TPSA) is 72.9 Å². The molecule has 0 aliphatic carbocycles. The molecule has 2 rings (SSSR count). The lowest BCUT2D eigenvalue weighted by atomic mass is 10.1. The third-order valence-electron chi connectivity index (χ3n) is 3.19. The van der Waals surface area contributed by atoms with Crippen LogP contribution in [0.2, 0.25) is 0 Å². The lowest BCUT2D eigenvalue weighted by Gasteiger charge is -2.11. The summed E-state index contributed by atoms with van der Waals surface area (Å²) >= 11 is 0. The highest BCUT2D eigenvalue weighted by molar-refractivity contribution is 5.33. The molecule has 1 heterocycles. The zero-order valence-electron chi connectivity index (χ0n) is 12.5. The molecule has 0 amide bonds. The summed E-state index contributed by atoms with van der Waals surface area (Å²) in [4.78, 5) is 16.4. The van der Waals surface area contributed by atoms with Crippen molar-refractivity contribution in [2.45, 2.75) is 33.5 Å². The molecular weight excluding hydrogens is 264 g/mol. The van der Waals surface area contributed by atoms with E-state index < -0.39 is 0 Å². The Labute approximate surface area is 124 Å². The number of anilines is 1. The number of hydrogen-bond donors (Lipinski definition) is 2. The van der Waals surface area contributed by atoms with E-state index in [1.807, 2.05) is 24.3 Å². The fourth-order valence-electron chi connectivity index (χ4n) is 2.08. The average Bonchev–Trinajstić information content (AvgIpc) is 2.48. The maximum atomic E-state index is 12.2. The molecule has 0 saturated carbocycles. The second-order valence-corrected chi connectivity index (χ2v) is 5.50. The minimum absolute atomic E-state index is 0.0789. The normalized spacial score (nSPS) is 10.9. The first-order chi connectivity index (χ1) is 10.1. The molecule has 0 saturated heterocycles. The van der Waals surface area contributed by atoms with E-state index in [1.165, 1.54) is 0 Å². The first-order valence-electron chi connectivity index (χ1n) is 7.17. The van der Waals surface area contributed by atoms with Gasteiger partial charge in [0.25, 0.3) is 5.56 Å². The number of aromatic nitrogens is 2. The zero-order chi connectivity index (χ0) is 15.2. The minimum atomic E-state index is -0.0789. The Morgan fingerprint density at radius 3 is 2.52 bits per heavy atom. The molecule has 0 spiro atoms. The summed E-state index contributed by atoms with van der Waals surface area (Å²) in [6.45, 7) is 5.96. The summed E-state index contributed by atoms with van der Waals surface area (Å²) in [5.74, 6) is 0.808. The van der Waals surface area contributed by atoms with Gasteiger partial charge < -0.3 is 15.6 Å². The molecule has 0 radical (unpaired) electrons. The fourth-order valence-corrected chi connectivity index (χ4v) is 2.08. The Kier molecular flexibility index (Phi) is 5.11. The summed E-state index contributed by atoms with van der Waals surface area (Å²) in [5.41, 5.74) is 7.68. The number of benzene rings is 1. The predicted molar refractivity (Wildman–Crippen MR) is 85.0 cm³/mol. The minimum Gasteiger partial charge on any atom is -0.361 e. The summed E-state index contributed by atoms with van der Waals surface area (Å²) in [6, 6.07) is 7.99. The summed E-state index contributed by atoms with van der Waals surface area (Å²) < 4.78 is 1.69. The van der Waals surface area contributed by atoms with E-state index in [-0.39, 0.29) is 5.56 Å². The molecule has 5 nitrogen and oxygen atoms in total. The first-order valence-corrected chi connectivity index (χ1v) is 7.17. The van der Waals surface area contributed by atoms with Crippen LogP contribution in [0.1, 0.15) is 25.0 Å². The fraction of sp³-hybridized carbons (Fsp3) is 0.375. The van der Waals surface area contributed by atoms with Gasteiger partial charge in [0.1, 0.15) is 0 Å². The van der Waals surface area contributed by atoms with Gasteiger partial charge in [0.2, 0.25) is 0 Å². The summed E-state index contributed by atoms with van der Waals surface area (Å²) in [5, 5.41) is 3.10. The SMILES string of the molecule is CC(C)Cn1ccnc(NCc2ccc(CN)cc2)c1=O. The zero-order valence-corrected chi connectivity index (χ0v) is 12.5. The van der Waals surface area contributed by atoms with Crippen molar-refractivity contribution < 1.29 is 0 Å². The van der Waals surface area contributed by atoms with Crippen molar-refractivity contribution in [2.75, 3.05) is 5.32 Å². The van der Waals surface area contributed by atoms with Gasteiger partial charge in [-0.25, -0.2) is 4.98 Å². The molecule has 0 aliphatic rings. The van der Waals surface area contributed by atoms with Gasteiger partial charge in [0, 0.05) is 32.0 Å². The Morgan fingerprint density at radius 1 is 1.24 bits per heavy atom. The largest absolute Gasteiger partial charge is 0.361 e. The smallest absolute Gasteiger partial charge is 0.293 e. The van der Waals surface area contributed by atoms with Crippen LogP contribution in [0.3, 0.4) is 0 Å². The number of nitrogens with two attached hydrogens (primary N) is 1. The van der Waals surface area contributed by atoms with Crippen LogP contribution in [0.5, 0.6) is 0 Å². The van der Waals surface area contributed by atoms with Crippen LogP contribution in [0, 0.1) is 5.92 Å². The highest BCUT2D eigenvalue weighted by atomic mass is 16.1. The molecule has 0 fully saturated rings. The molecular formula is C16H22N4O. The van der Waals surface area contributed by atoms with Crippen molar-refractivity contribution in [1.82, 2.24) is 9.55 Å². The quantitative estimate of drug-likeness (QED) is 0.851. The van der Waals surface area contributed by atoms with Crippen molar-refractivity contribution in [3.8, 4) is 0 Å². The van der Waals surface area contributed by atoms with Crippen LogP contribution in [-0.2, 0) is 19.6 Å². The van der Waals surface area contributed by atoms with Gasteiger partial charge in [-0.3, -0.25) is 4.79 Å². The van der Waals surface area contributed by atoms with Crippen molar-refractivity contribution in [3.05, 3.63) is 58.1 Å². The molecule has 2 aromatic rings. The van der Waals surface area contributed by atoms with Crippen molar-refractivity contribution in [2.24, 2.45) is 11.7 Å². The van der Waals surface area contributed by atoms with Crippen molar-refractivity contribution >= 4 is 5.82 Å². The third-order valence-corrected chi connectivity index (χ3v) is 3.19. The van der Waals surface area contributed by atoms with E-state index >= 15 is 0 Å². The lowest BCUT2D eigenvalue weighted by molar-refractivity contribution is 0.509. The van der Waals surface area contributed by atoms with E-state index in [9.17, 15) is 4.79 Å². The Balaban J connectivity index is 2.07. The predicted octanol–water partition coefficient (Wildman–Crippen LogP) is 1.97. The van der Waals surface area contributed by atoms with Crippen LogP contribution < -0.4 is 16.6 Å².